The van der Waals surface area contributed by atoms with Gasteiger partial charge in [-0.15, -0.1) is 24.0 Å². The highest BCUT2D eigenvalue weighted by molar-refractivity contribution is 14.0. The summed E-state index contributed by atoms with van der Waals surface area (Å²) in [7, 11) is 1.65. The van der Waals surface area contributed by atoms with Gasteiger partial charge in [-0.25, -0.2) is 0 Å². The molecule has 0 radical (unpaired) electrons. The number of ether oxygens (including phenoxy) is 2. The first-order valence-corrected chi connectivity index (χ1v) is 7.59. The Labute approximate surface area is 150 Å². The molecule has 126 valence electrons. The third-order valence-electron chi connectivity index (χ3n) is 2.85. The monoisotopic (exact) mass is 421 g/mol. The van der Waals surface area contributed by atoms with E-state index in [1.165, 1.54) is 0 Å². The van der Waals surface area contributed by atoms with Crippen LogP contribution in [0.4, 0.5) is 0 Å². The van der Waals surface area contributed by atoms with Gasteiger partial charge in [-0.2, -0.15) is 0 Å². The summed E-state index contributed by atoms with van der Waals surface area (Å²) in [4.78, 5) is 4.49. The molecule has 1 aromatic carbocycles. The Balaban J connectivity index is 0.00000441. The van der Waals surface area contributed by atoms with E-state index in [0.717, 1.165) is 43.4 Å². The van der Waals surface area contributed by atoms with Crippen molar-refractivity contribution < 1.29 is 9.47 Å². The van der Waals surface area contributed by atoms with Crippen LogP contribution in [0.3, 0.4) is 0 Å². The largest absolute Gasteiger partial charge is 0.497 e. The lowest BCUT2D eigenvalue weighted by atomic mass is 10.3. The number of rotatable bonds is 9. The van der Waals surface area contributed by atoms with Gasteiger partial charge in [-0.05, 0) is 37.6 Å². The van der Waals surface area contributed by atoms with Crippen molar-refractivity contribution in [2.45, 2.75) is 26.7 Å². The number of benzene rings is 1. The zero-order valence-corrected chi connectivity index (χ0v) is 16.1. The smallest absolute Gasteiger partial charge is 0.191 e. The fourth-order valence-electron chi connectivity index (χ4n) is 1.70. The summed E-state index contributed by atoms with van der Waals surface area (Å²) in [5.41, 5.74) is 0. The molecular formula is C16H28IN3O2. The van der Waals surface area contributed by atoms with Gasteiger partial charge in [0.25, 0.3) is 0 Å². The van der Waals surface area contributed by atoms with Gasteiger partial charge < -0.3 is 20.1 Å². The third-order valence-corrected chi connectivity index (χ3v) is 2.85. The predicted molar refractivity (Wildman–Crippen MR) is 103 cm³/mol. The van der Waals surface area contributed by atoms with Gasteiger partial charge in [0.05, 0.1) is 13.7 Å². The molecule has 0 aromatic heterocycles. The topological polar surface area (TPSA) is 54.9 Å². The maximum absolute atomic E-state index is 5.66. The second-order valence-electron chi connectivity index (χ2n) is 4.56. The number of guanidine groups is 1. The molecule has 0 spiro atoms. The van der Waals surface area contributed by atoms with E-state index in [2.05, 4.69) is 29.5 Å². The van der Waals surface area contributed by atoms with Crippen LogP contribution < -0.4 is 20.1 Å². The molecule has 1 rings (SSSR count). The number of unbranched alkanes of at least 4 members (excludes halogenated alkanes) is 1. The number of methoxy groups -OCH3 is 1. The number of hydrogen-bond donors (Lipinski definition) is 2. The minimum Gasteiger partial charge on any atom is -0.497 e. The fourth-order valence-corrected chi connectivity index (χ4v) is 1.70. The van der Waals surface area contributed by atoms with Crippen LogP contribution in [0.1, 0.15) is 26.7 Å². The summed E-state index contributed by atoms with van der Waals surface area (Å²) in [5, 5.41) is 6.48. The standard InChI is InChI=1S/C16H27N3O2.HI/c1-4-6-11-18-16(17-5-2)19-12-13-21-15-9-7-14(20-3)8-10-15;/h7-10H,4-6,11-13H2,1-3H3,(H2,17,18,19);1H. The number of nitrogens with zero attached hydrogens (tertiary/aromatic N) is 1. The van der Waals surface area contributed by atoms with Crippen molar-refractivity contribution >= 4 is 29.9 Å². The Bertz CT molecular complexity index is 410. The Morgan fingerprint density at radius 2 is 1.77 bits per heavy atom. The van der Waals surface area contributed by atoms with Crippen molar-refractivity contribution in [1.82, 2.24) is 10.6 Å². The number of nitrogens with one attached hydrogen (secondary N) is 2. The average Bonchev–Trinajstić information content (AvgIpc) is 2.52. The van der Waals surface area contributed by atoms with Crippen molar-refractivity contribution in [2.24, 2.45) is 4.99 Å². The molecule has 0 aliphatic rings. The molecule has 2 N–H and O–H groups in total. The highest BCUT2D eigenvalue weighted by atomic mass is 127. The van der Waals surface area contributed by atoms with Crippen LogP contribution in [0.25, 0.3) is 0 Å². The normalized spacial score (nSPS) is 10.6. The van der Waals surface area contributed by atoms with Crippen LogP contribution in [-0.2, 0) is 0 Å². The Hall–Kier alpha value is -1.18. The van der Waals surface area contributed by atoms with Gasteiger partial charge in [0.1, 0.15) is 18.1 Å². The molecule has 0 heterocycles. The molecule has 22 heavy (non-hydrogen) atoms. The maximum Gasteiger partial charge on any atom is 0.191 e. The Morgan fingerprint density at radius 3 is 2.36 bits per heavy atom. The minimum atomic E-state index is 0. The number of aliphatic imine (C=N–C) groups is 1. The Morgan fingerprint density at radius 1 is 1.09 bits per heavy atom. The van der Waals surface area contributed by atoms with Gasteiger partial charge in [0.15, 0.2) is 5.96 Å². The lowest BCUT2D eigenvalue weighted by molar-refractivity contribution is 0.321. The Kier molecular flexibility index (Phi) is 12.8. The lowest BCUT2D eigenvalue weighted by Gasteiger charge is -2.12. The fraction of sp³-hybridized carbons (Fsp3) is 0.562. The van der Waals surface area contributed by atoms with Gasteiger partial charge in [-0.3, -0.25) is 4.99 Å². The van der Waals surface area contributed by atoms with E-state index in [-0.39, 0.29) is 24.0 Å². The van der Waals surface area contributed by atoms with Crippen molar-refractivity contribution in [2.75, 3.05) is 33.4 Å². The summed E-state index contributed by atoms with van der Waals surface area (Å²) >= 11 is 0. The molecular weight excluding hydrogens is 393 g/mol. The van der Waals surface area contributed by atoms with Crippen LogP contribution in [0, 0.1) is 0 Å². The summed E-state index contributed by atoms with van der Waals surface area (Å²) in [6.07, 6.45) is 2.27. The zero-order valence-electron chi connectivity index (χ0n) is 13.7. The van der Waals surface area contributed by atoms with Gasteiger partial charge in [0.2, 0.25) is 0 Å². The van der Waals surface area contributed by atoms with Crippen molar-refractivity contribution in [3.05, 3.63) is 24.3 Å². The zero-order chi connectivity index (χ0) is 15.3. The van der Waals surface area contributed by atoms with E-state index in [9.17, 15) is 0 Å². The minimum absolute atomic E-state index is 0. The van der Waals surface area contributed by atoms with Crippen LogP contribution in [0.2, 0.25) is 0 Å². The quantitative estimate of drug-likeness (QED) is 0.279. The van der Waals surface area contributed by atoms with E-state index in [1.807, 2.05) is 24.3 Å². The third kappa shape index (κ3) is 8.96. The lowest BCUT2D eigenvalue weighted by Crippen LogP contribution is -2.39. The first-order valence-electron chi connectivity index (χ1n) is 7.59. The first-order chi connectivity index (χ1) is 10.3. The molecule has 0 bridgehead atoms. The van der Waals surface area contributed by atoms with Crippen molar-refractivity contribution in [3.8, 4) is 11.5 Å². The molecule has 0 saturated carbocycles. The van der Waals surface area contributed by atoms with E-state index >= 15 is 0 Å². The SMILES string of the molecule is CCCCN=C(NCC)NCCOc1ccc(OC)cc1.I. The van der Waals surface area contributed by atoms with Gasteiger partial charge >= 0.3 is 0 Å². The summed E-state index contributed by atoms with van der Waals surface area (Å²) in [5.74, 6) is 2.52. The van der Waals surface area contributed by atoms with Crippen LogP contribution in [0.5, 0.6) is 11.5 Å². The second kappa shape index (κ2) is 13.5. The van der Waals surface area contributed by atoms with E-state index in [0.29, 0.717) is 13.2 Å². The molecule has 0 amide bonds. The highest BCUT2D eigenvalue weighted by Gasteiger charge is 1.98. The average molecular weight is 421 g/mol. The molecule has 0 saturated heterocycles. The van der Waals surface area contributed by atoms with E-state index in [1.54, 1.807) is 7.11 Å². The molecule has 0 aliphatic carbocycles. The molecule has 5 nitrogen and oxygen atoms in total. The van der Waals surface area contributed by atoms with E-state index < -0.39 is 0 Å². The molecule has 0 aliphatic heterocycles. The van der Waals surface area contributed by atoms with Crippen LogP contribution in [-0.4, -0.2) is 39.3 Å². The number of hydrogen-bond acceptors (Lipinski definition) is 3. The van der Waals surface area contributed by atoms with Crippen molar-refractivity contribution in [3.63, 3.8) is 0 Å². The highest BCUT2D eigenvalue weighted by Crippen LogP contribution is 2.16. The first kappa shape index (κ1) is 20.8. The summed E-state index contributed by atoms with van der Waals surface area (Å²) < 4.78 is 10.8. The molecule has 0 unspecified atom stereocenters. The van der Waals surface area contributed by atoms with Crippen LogP contribution >= 0.6 is 24.0 Å². The van der Waals surface area contributed by atoms with Crippen LogP contribution in [0.15, 0.2) is 29.3 Å². The maximum atomic E-state index is 5.66. The number of halogens is 1. The van der Waals surface area contributed by atoms with E-state index in [4.69, 9.17) is 9.47 Å². The molecule has 6 heteroatoms. The van der Waals surface area contributed by atoms with Gasteiger partial charge in [0, 0.05) is 13.1 Å². The molecule has 1 aromatic rings. The summed E-state index contributed by atoms with van der Waals surface area (Å²) in [6.45, 7) is 7.24. The molecule has 0 atom stereocenters. The summed E-state index contributed by atoms with van der Waals surface area (Å²) in [6, 6.07) is 7.58. The van der Waals surface area contributed by atoms with Crippen molar-refractivity contribution in [1.29, 1.82) is 0 Å². The van der Waals surface area contributed by atoms with Gasteiger partial charge in [-0.1, -0.05) is 13.3 Å². The molecule has 0 fully saturated rings. The predicted octanol–water partition coefficient (Wildman–Crippen LogP) is 3.05. The second-order valence-corrected chi connectivity index (χ2v) is 4.56.